The van der Waals surface area contributed by atoms with Crippen LogP contribution < -0.4 is 14.2 Å². The number of aliphatic hydroxyl groups excluding tert-OH is 1. The molecule has 1 atom stereocenters. The topological polar surface area (TPSA) is 92.7 Å². The van der Waals surface area contributed by atoms with E-state index < -0.39 is 6.10 Å². The second kappa shape index (κ2) is 9.64. The molecule has 2 N–H and O–H groups in total. The van der Waals surface area contributed by atoms with Crippen molar-refractivity contribution < 1.29 is 19.3 Å². The third-order valence-electron chi connectivity index (χ3n) is 5.97. The zero-order valence-corrected chi connectivity index (χ0v) is 18.7. The number of hydrogen-bond acceptors (Lipinski definition) is 7. The molecular weight excluding hydrogens is 420 g/mol. The minimum absolute atomic E-state index is 0.184. The van der Waals surface area contributed by atoms with Gasteiger partial charge >= 0.3 is 0 Å². The van der Waals surface area contributed by atoms with E-state index in [1.807, 2.05) is 36.5 Å². The van der Waals surface area contributed by atoms with Crippen LogP contribution >= 0.6 is 0 Å². The van der Waals surface area contributed by atoms with Crippen LogP contribution in [0.2, 0.25) is 0 Å². The van der Waals surface area contributed by atoms with Crippen LogP contribution in [0.1, 0.15) is 19.3 Å². The average Bonchev–Trinajstić information content (AvgIpc) is 3.31. The van der Waals surface area contributed by atoms with Crippen molar-refractivity contribution in [2.45, 2.75) is 25.4 Å². The Balaban J connectivity index is 1.34. The van der Waals surface area contributed by atoms with Gasteiger partial charge in [0, 0.05) is 29.7 Å². The monoisotopic (exact) mass is 448 g/mol. The highest BCUT2D eigenvalue weighted by Crippen LogP contribution is 2.36. The second-order valence-electron chi connectivity index (χ2n) is 8.35. The molecule has 172 valence electrons. The molecular formula is C25H28N4O4. The average molecular weight is 449 g/mol. The van der Waals surface area contributed by atoms with Crippen molar-refractivity contribution in [1.82, 2.24) is 19.9 Å². The van der Waals surface area contributed by atoms with Crippen LogP contribution in [0.5, 0.6) is 23.1 Å². The number of nitrogens with zero attached hydrogens (tertiary/aromatic N) is 3. The summed E-state index contributed by atoms with van der Waals surface area (Å²) < 4.78 is 17.6. The highest BCUT2D eigenvalue weighted by atomic mass is 16.5. The van der Waals surface area contributed by atoms with Crippen LogP contribution in [-0.2, 0) is 0 Å². The van der Waals surface area contributed by atoms with Gasteiger partial charge in [-0.25, -0.2) is 9.97 Å². The van der Waals surface area contributed by atoms with Crippen molar-refractivity contribution in [3.05, 3.63) is 48.9 Å². The van der Waals surface area contributed by atoms with Gasteiger partial charge in [-0.1, -0.05) is 6.42 Å². The highest BCUT2D eigenvalue weighted by molar-refractivity contribution is 5.87. The molecule has 8 heteroatoms. The van der Waals surface area contributed by atoms with Gasteiger partial charge in [-0.05, 0) is 56.3 Å². The van der Waals surface area contributed by atoms with E-state index in [1.165, 1.54) is 25.6 Å². The first kappa shape index (κ1) is 21.5. The highest BCUT2D eigenvalue weighted by Gasteiger charge is 2.17. The number of methoxy groups -OCH3 is 1. The number of aromatic nitrogens is 3. The molecule has 0 aliphatic carbocycles. The van der Waals surface area contributed by atoms with Gasteiger partial charge in [0.15, 0.2) is 11.5 Å². The predicted molar refractivity (Wildman–Crippen MR) is 126 cm³/mol. The quantitative estimate of drug-likeness (QED) is 0.418. The number of piperidine rings is 1. The molecule has 0 radical (unpaired) electrons. The number of benzene rings is 2. The molecule has 1 fully saturated rings. The number of hydrogen-bond donors (Lipinski definition) is 2. The SMILES string of the molecule is COc1cc2c(Oc3ccc4[nH]ccc4c3)ncnc2cc1OCC(O)CN1CCCCC1. The van der Waals surface area contributed by atoms with Crippen LogP contribution in [0, 0.1) is 0 Å². The molecule has 1 aliphatic rings. The Kier molecular flexibility index (Phi) is 6.28. The Morgan fingerprint density at radius 1 is 1.06 bits per heavy atom. The molecule has 0 saturated carbocycles. The molecule has 1 unspecified atom stereocenters. The van der Waals surface area contributed by atoms with Crippen LogP contribution in [0.25, 0.3) is 21.8 Å². The number of rotatable bonds is 8. The van der Waals surface area contributed by atoms with Crippen molar-refractivity contribution in [1.29, 1.82) is 0 Å². The van der Waals surface area contributed by atoms with Crippen molar-refractivity contribution in [2.24, 2.45) is 0 Å². The van der Waals surface area contributed by atoms with Gasteiger partial charge in [0.1, 0.15) is 24.8 Å². The Hall–Kier alpha value is -3.36. The van der Waals surface area contributed by atoms with E-state index in [1.54, 1.807) is 13.2 Å². The lowest BCUT2D eigenvalue weighted by atomic mass is 10.1. The molecule has 3 heterocycles. The van der Waals surface area contributed by atoms with Crippen LogP contribution in [0.4, 0.5) is 0 Å². The number of ether oxygens (including phenoxy) is 3. The first-order valence-corrected chi connectivity index (χ1v) is 11.3. The first-order valence-electron chi connectivity index (χ1n) is 11.3. The van der Waals surface area contributed by atoms with Gasteiger partial charge in [0.05, 0.1) is 18.0 Å². The summed E-state index contributed by atoms with van der Waals surface area (Å²) in [5.41, 5.74) is 1.71. The first-order chi connectivity index (χ1) is 16.2. The van der Waals surface area contributed by atoms with Crippen molar-refractivity contribution >= 4 is 21.8 Å². The lowest BCUT2D eigenvalue weighted by molar-refractivity contribution is 0.0609. The summed E-state index contributed by atoms with van der Waals surface area (Å²) >= 11 is 0. The summed E-state index contributed by atoms with van der Waals surface area (Å²) in [5, 5.41) is 12.2. The summed E-state index contributed by atoms with van der Waals surface area (Å²) in [5.74, 6) is 2.18. The lowest BCUT2D eigenvalue weighted by Crippen LogP contribution is -2.38. The molecule has 4 aromatic rings. The number of β-amino-alcohol motifs (C(OH)–C–C–N with tert-alkyl or cyclic N) is 1. The molecule has 33 heavy (non-hydrogen) atoms. The molecule has 0 bridgehead atoms. The molecule has 2 aromatic carbocycles. The predicted octanol–water partition coefficient (Wildman–Crippen LogP) is 4.14. The van der Waals surface area contributed by atoms with Crippen LogP contribution in [0.3, 0.4) is 0 Å². The number of aliphatic hydroxyl groups is 1. The zero-order valence-electron chi connectivity index (χ0n) is 18.7. The van der Waals surface area contributed by atoms with E-state index >= 15 is 0 Å². The number of likely N-dealkylation sites (tertiary alicyclic amines) is 1. The molecule has 8 nitrogen and oxygen atoms in total. The number of aromatic amines is 1. The van der Waals surface area contributed by atoms with E-state index in [4.69, 9.17) is 14.2 Å². The minimum Gasteiger partial charge on any atom is -0.493 e. The molecule has 0 spiro atoms. The van der Waals surface area contributed by atoms with Crippen molar-refractivity contribution in [3.63, 3.8) is 0 Å². The second-order valence-corrected chi connectivity index (χ2v) is 8.35. The third-order valence-corrected chi connectivity index (χ3v) is 5.97. The van der Waals surface area contributed by atoms with E-state index in [0.717, 1.165) is 24.0 Å². The van der Waals surface area contributed by atoms with Gasteiger partial charge in [-0.3, -0.25) is 0 Å². The van der Waals surface area contributed by atoms with Crippen molar-refractivity contribution in [3.8, 4) is 23.1 Å². The minimum atomic E-state index is -0.573. The molecule has 0 amide bonds. The van der Waals surface area contributed by atoms with Gasteiger partial charge in [-0.15, -0.1) is 0 Å². The summed E-state index contributed by atoms with van der Waals surface area (Å²) in [4.78, 5) is 14.2. The van der Waals surface area contributed by atoms with Gasteiger partial charge in [-0.2, -0.15) is 0 Å². The fraction of sp³-hybridized carbons (Fsp3) is 0.360. The Labute approximate surface area is 192 Å². The fourth-order valence-corrected chi connectivity index (χ4v) is 4.28. The van der Waals surface area contributed by atoms with Crippen LogP contribution in [0.15, 0.2) is 48.9 Å². The molecule has 5 rings (SSSR count). The summed E-state index contributed by atoms with van der Waals surface area (Å²) in [6, 6.07) is 11.4. The largest absolute Gasteiger partial charge is 0.493 e. The van der Waals surface area contributed by atoms with E-state index in [-0.39, 0.29) is 6.61 Å². The molecule has 1 aliphatic heterocycles. The summed E-state index contributed by atoms with van der Waals surface area (Å²) in [7, 11) is 1.59. The van der Waals surface area contributed by atoms with E-state index in [9.17, 15) is 5.11 Å². The van der Waals surface area contributed by atoms with Crippen LogP contribution in [-0.4, -0.2) is 64.4 Å². The Morgan fingerprint density at radius 2 is 1.94 bits per heavy atom. The molecule has 2 aromatic heterocycles. The van der Waals surface area contributed by atoms with E-state index in [2.05, 4.69) is 19.9 Å². The molecule has 1 saturated heterocycles. The zero-order chi connectivity index (χ0) is 22.6. The maximum absolute atomic E-state index is 10.5. The Bertz CT molecular complexity index is 1240. The fourth-order valence-electron chi connectivity index (χ4n) is 4.28. The summed E-state index contributed by atoms with van der Waals surface area (Å²) in [6.45, 7) is 2.87. The van der Waals surface area contributed by atoms with Gasteiger partial charge in [0.2, 0.25) is 5.88 Å². The number of nitrogens with one attached hydrogen (secondary N) is 1. The number of H-pyrrole nitrogens is 1. The standard InChI is InChI=1S/C25H28N4O4/c1-31-23-12-20-22(13-24(23)32-15-18(30)14-29-9-3-2-4-10-29)27-16-28-25(20)33-19-5-6-21-17(11-19)7-8-26-21/h5-8,11-13,16,18,26,30H,2-4,9-10,14-15H2,1H3. The summed E-state index contributed by atoms with van der Waals surface area (Å²) in [6.07, 6.45) is 6.44. The number of fused-ring (bicyclic) bond motifs is 2. The Morgan fingerprint density at radius 3 is 2.79 bits per heavy atom. The maximum Gasteiger partial charge on any atom is 0.230 e. The van der Waals surface area contributed by atoms with Gasteiger partial charge in [0.25, 0.3) is 0 Å². The van der Waals surface area contributed by atoms with E-state index in [0.29, 0.717) is 40.6 Å². The van der Waals surface area contributed by atoms with Crippen molar-refractivity contribution in [2.75, 3.05) is 33.4 Å². The van der Waals surface area contributed by atoms with Gasteiger partial charge < -0.3 is 29.2 Å². The lowest BCUT2D eigenvalue weighted by Gasteiger charge is -2.28. The maximum atomic E-state index is 10.5. The smallest absolute Gasteiger partial charge is 0.230 e. The third kappa shape index (κ3) is 4.86. The normalized spacial score (nSPS) is 15.6.